The van der Waals surface area contributed by atoms with Gasteiger partial charge in [-0.15, -0.1) is 0 Å². The summed E-state index contributed by atoms with van der Waals surface area (Å²) in [4.78, 5) is 28.4. The predicted octanol–water partition coefficient (Wildman–Crippen LogP) is 1.13. The Balaban J connectivity index is 1.43. The molecule has 1 saturated carbocycles. The second kappa shape index (κ2) is 5.00. The van der Waals surface area contributed by atoms with Crippen molar-refractivity contribution in [1.29, 1.82) is 0 Å². The minimum absolute atomic E-state index is 0.0561. The number of fused-ring (bicyclic) bond motifs is 1. The molecule has 1 atom stereocenters. The van der Waals surface area contributed by atoms with E-state index in [1.807, 2.05) is 30.0 Å². The van der Waals surface area contributed by atoms with Gasteiger partial charge < -0.3 is 14.5 Å². The molecule has 2 amide bonds. The Morgan fingerprint density at radius 2 is 2.09 bits per heavy atom. The molecule has 0 N–H and O–H groups in total. The van der Waals surface area contributed by atoms with Crippen molar-refractivity contribution >= 4 is 11.8 Å². The quantitative estimate of drug-likeness (QED) is 0.823. The van der Waals surface area contributed by atoms with Crippen LogP contribution in [0, 0.1) is 6.92 Å². The van der Waals surface area contributed by atoms with Crippen molar-refractivity contribution in [3.8, 4) is 5.75 Å². The van der Waals surface area contributed by atoms with Gasteiger partial charge in [-0.1, -0.05) is 18.2 Å². The van der Waals surface area contributed by atoms with Crippen LogP contribution in [0.15, 0.2) is 18.2 Å². The second-order valence-electron chi connectivity index (χ2n) is 6.45. The molecule has 0 radical (unpaired) electrons. The lowest BCUT2D eigenvalue weighted by Crippen LogP contribution is -2.55. The van der Waals surface area contributed by atoms with Crippen molar-refractivity contribution in [3.63, 3.8) is 0 Å². The van der Waals surface area contributed by atoms with Crippen LogP contribution in [-0.4, -0.2) is 53.4 Å². The van der Waals surface area contributed by atoms with Crippen LogP contribution in [-0.2, 0) is 16.0 Å². The van der Waals surface area contributed by atoms with Gasteiger partial charge in [-0.25, -0.2) is 0 Å². The number of rotatable bonds is 2. The summed E-state index contributed by atoms with van der Waals surface area (Å²) < 4.78 is 5.86. The van der Waals surface area contributed by atoms with Crippen LogP contribution in [0.3, 0.4) is 0 Å². The molecule has 2 heterocycles. The molecule has 1 saturated heterocycles. The van der Waals surface area contributed by atoms with Gasteiger partial charge in [0.05, 0.1) is 6.54 Å². The number of carbonyl (C=O) groups is 2. The van der Waals surface area contributed by atoms with Gasteiger partial charge in [-0.05, 0) is 30.9 Å². The van der Waals surface area contributed by atoms with Gasteiger partial charge in [0.1, 0.15) is 5.75 Å². The maximum atomic E-state index is 12.6. The summed E-state index contributed by atoms with van der Waals surface area (Å²) in [5, 5.41) is 0. The third-order valence-electron chi connectivity index (χ3n) is 4.79. The average Bonchev–Trinajstić information content (AvgIpc) is 3.25. The summed E-state index contributed by atoms with van der Waals surface area (Å²) in [5.41, 5.74) is 2.14. The van der Waals surface area contributed by atoms with E-state index in [1.54, 1.807) is 4.90 Å². The van der Waals surface area contributed by atoms with Gasteiger partial charge in [0.25, 0.3) is 5.91 Å². The lowest BCUT2D eigenvalue weighted by atomic mass is 10.1. The summed E-state index contributed by atoms with van der Waals surface area (Å²) in [6.45, 7) is 3.47. The number of hydrogen-bond donors (Lipinski definition) is 0. The molecule has 5 heteroatoms. The standard InChI is InChI=1S/C17H20N2O3/c1-11-3-2-4-12-9-14(22-16(11)12)17(21)18-7-8-19(13-5-6-13)15(20)10-18/h2-4,13-14H,5-10H2,1H3. The molecule has 1 unspecified atom stereocenters. The van der Waals surface area contributed by atoms with Crippen molar-refractivity contribution in [3.05, 3.63) is 29.3 Å². The highest BCUT2D eigenvalue weighted by Gasteiger charge is 2.39. The van der Waals surface area contributed by atoms with Gasteiger partial charge >= 0.3 is 0 Å². The number of hydrogen-bond acceptors (Lipinski definition) is 3. The SMILES string of the molecule is Cc1cccc2c1OC(C(=O)N1CCN(C3CC3)C(=O)C1)C2. The summed E-state index contributed by atoms with van der Waals surface area (Å²) >= 11 is 0. The lowest BCUT2D eigenvalue weighted by molar-refractivity contribution is -0.149. The molecule has 116 valence electrons. The highest BCUT2D eigenvalue weighted by Crippen LogP contribution is 2.33. The molecule has 0 aromatic heterocycles. The smallest absolute Gasteiger partial charge is 0.264 e. The molecule has 1 aromatic carbocycles. The van der Waals surface area contributed by atoms with E-state index >= 15 is 0 Å². The topological polar surface area (TPSA) is 49.9 Å². The first-order valence-corrected chi connectivity index (χ1v) is 7.97. The molecule has 3 aliphatic rings. The summed E-state index contributed by atoms with van der Waals surface area (Å²) in [6, 6.07) is 6.41. The third kappa shape index (κ3) is 2.25. The zero-order valence-corrected chi connectivity index (χ0v) is 12.7. The Labute approximate surface area is 129 Å². The van der Waals surface area contributed by atoms with Gasteiger partial charge in [-0.2, -0.15) is 0 Å². The number of ether oxygens (including phenoxy) is 1. The van der Waals surface area contributed by atoms with Crippen LogP contribution in [0.5, 0.6) is 5.75 Å². The summed E-state index contributed by atoms with van der Waals surface area (Å²) in [6.07, 6.45) is 2.35. The van der Waals surface area contributed by atoms with Crippen LogP contribution in [0.4, 0.5) is 0 Å². The third-order valence-corrected chi connectivity index (χ3v) is 4.79. The predicted molar refractivity (Wildman–Crippen MR) is 80.6 cm³/mol. The van der Waals surface area contributed by atoms with E-state index in [0.29, 0.717) is 25.6 Å². The molecule has 1 aliphatic carbocycles. The van der Waals surface area contributed by atoms with Crippen LogP contribution < -0.4 is 4.74 Å². The number of benzene rings is 1. The van der Waals surface area contributed by atoms with E-state index in [0.717, 1.165) is 29.7 Å². The second-order valence-corrected chi connectivity index (χ2v) is 6.45. The fourth-order valence-electron chi connectivity index (χ4n) is 3.41. The van der Waals surface area contributed by atoms with Crippen molar-refractivity contribution in [1.82, 2.24) is 9.80 Å². The van der Waals surface area contributed by atoms with Gasteiger partial charge in [0.15, 0.2) is 6.10 Å². The Morgan fingerprint density at radius 1 is 1.27 bits per heavy atom. The minimum atomic E-state index is -0.476. The highest BCUT2D eigenvalue weighted by atomic mass is 16.5. The molecule has 22 heavy (non-hydrogen) atoms. The molecule has 2 aliphatic heterocycles. The largest absolute Gasteiger partial charge is 0.480 e. The van der Waals surface area contributed by atoms with Crippen LogP contribution in [0.25, 0.3) is 0 Å². The molecule has 2 fully saturated rings. The van der Waals surface area contributed by atoms with Gasteiger partial charge in [-0.3, -0.25) is 9.59 Å². The Hall–Kier alpha value is -2.04. The van der Waals surface area contributed by atoms with Crippen molar-refractivity contribution in [2.45, 2.75) is 38.3 Å². The van der Waals surface area contributed by atoms with Gasteiger partial charge in [0, 0.05) is 25.6 Å². The number of nitrogens with zero attached hydrogens (tertiary/aromatic N) is 2. The molecule has 5 nitrogen and oxygen atoms in total. The van der Waals surface area contributed by atoms with Crippen LogP contribution in [0.1, 0.15) is 24.0 Å². The number of aryl methyl sites for hydroxylation is 1. The van der Waals surface area contributed by atoms with Crippen LogP contribution in [0.2, 0.25) is 0 Å². The van der Waals surface area contributed by atoms with E-state index in [-0.39, 0.29) is 18.4 Å². The number of carbonyl (C=O) groups excluding carboxylic acids is 2. The molecule has 1 aromatic rings. The van der Waals surface area contributed by atoms with Crippen molar-refractivity contribution in [2.24, 2.45) is 0 Å². The highest BCUT2D eigenvalue weighted by molar-refractivity contribution is 5.89. The normalized spacial score (nSPS) is 24.2. The van der Waals surface area contributed by atoms with E-state index in [4.69, 9.17) is 4.74 Å². The van der Waals surface area contributed by atoms with E-state index in [9.17, 15) is 9.59 Å². The summed E-state index contributed by atoms with van der Waals surface area (Å²) in [5.74, 6) is 0.858. The zero-order chi connectivity index (χ0) is 15.3. The number of piperazine rings is 1. The van der Waals surface area contributed by atoms with E-state index < -0.39 is 6.10 Å². The number of amides is 2. The maximum Gasteiger partial charge on any atom is 0.264 e. The lowest BCUT2D eigenvalue weighted by Gasteiger charge is -2.35. The molecule has 0 spiro atoms. The first-order valence-electron chi connectivity index (χ1n) is 7.97. The first-order chi connectivity index (χ1) is 10.6. The van der Waals surface area contributed by atoms with E-state index in [1.165, 1.54) is 0 Å². The first kappa shape index (κ1) is 13.6. The number of para-hydroxylation sites is 1. The fourth-order valence-corrected chi connectivity index (χ4v) is 3.41. The molecular weight excluding hydrogens is 280 g/mol. The molecule has 4 rings (SSSR count). The Bertz CT molecular complexity index is 639. The summed E-state index contributed by atoms with van der Waals surface area (Å²) in [7, 11) is 0. The Kier molecular flexibility index (Phi) is 3.10. The van der Waals surface area contributed by atoms with E-state index in [2.05, 4.69) is 0 Å². The molecule has 0 bridgehead atoms. The molecular formula is C17H20N2O3. The minimum Gasteiger partial charge on any atom is -0.480 e. The van der Waals surface area contributed by atoms with Crippen molar-refractivity contribution < 1.29 is 14.3 Å². The fraction of sp³-hybridized carbons (Fsp3) is 0.529. The Morgan fingerprint density at radius 3 is 2.77 bits per heavy atom. The van der Waals surface area contributed by atoms with Crippen LogP contribution >= 0.6 is 0 Å². The van der Waals surface area contributed by atoms with Crippen molar-refractivity contribution in [2.75, 3.05) is 19.6 Å². The maximum absolute atomic E-state index is 12.6. The monoisotopic (exact) mass is 300 g/mol. The average molecular weight is 300 g/mol. The zero-order valence-electron chi connectivity index (χ0n) is 12.7. The van der Waals surface area contributed by atoms with Gasteiger partial charge in [0.2, 0.25) is 5.91 Å².